The molecule has 2 aromatic rings. The van der Waals surface area contributed by atoms with Crippen LogP contribution in [-0.4, -0.2) is 32.7 Å². The van der Waals surface area contributed by atoms with Crippen molar-refractivity contribution in [1.29, 1.82) is 0 Å². The van der Waals surface area contributed by atoms with Gasteiger partial charge < -0.3 is 14.8 Å². The molecule has 0 saturated carbocycles. The van der Waals surface area contributed by atoms with E-state index in [4.69, 9.17) is 14.3 Å². The first-order chi connectivity index (χ1) is 8.69. The molecule has 2 rings (SSSR count). The Morgan fingerprint density at radius 1 is 1.26 bits per heavy atom. The number of aromatic amines is 1. The molecular formula is C10H12NO6PS. The van der Waals surface area contributed by atoms with Crippen molar-refractivity contribution < 1.29 is 27.3 Å². The molecule has 1 heterocycles. The molecule has 0 aliphatic rings. The third-order valence-electron chi connectivity index (χ3n) is 2.79. The normalized spacial score (nSPS) is 14.7. The van der Waals surface area contributed by atoms with Gasteiger partial charge in [0.05, 0.1) is 0 Å². The molecule has 1 aromatic heterocycles. The summed E-state index contributed by atoms with van der Waals surface area (Å²) in [5.41, 5.74) is 1.14. The summed E-state index contributed by atoms with van der Waals surface area (Å²) in [6, 6.07) is 6.94. The number of para-hydroxylation sites is 1. The van der Waals surface area contributed by atoms with Gasteiger partial charge in [-0.15, -0.1) is 0 Å². The van der Waals surface area contributed by atoms with Crippen molar-refractivity contribution in [1.82, 2.24) is 4.98 Å². The summed E-state index contributed by atoms with van der Waals surface area (Å²) in [7, 11) is -9.81. The lowest BCUT2D eigenvalue weighted by atomic mass is 10.1. The third kappa shape index (κ3) is 3.05. The quantitative estimate of drug-likeness (QED) is 0.495. The number of hydrogen-bond donors (Lipinski definition) is 4. The van der Waals surface area contributed by atoms with E-state index in [0.29, 0.717) is 10.9 Å². The highest BCUT2D eigenvalue weighted by Gasteiger charge is 2.40. The Labute approximate surface area is 109 Å². The first-order valence-electron chi connectivity index (χ1n) is 5.26. The second-order valence-electron chi connectivity index (χ2n) is 4.12. The predicted molar refractivity (Wildman–Crippen MR) is 69.4 cm³/mol. The predicted octanol–water partition coefficient (Wildman–Crippen LogP) is 1.10. The number of benzene rings is 1. The van der Waals surface area contributed by atoms with Crippen molar-refractivity contribution in [3.8, 4) is 0 Å². The van der Waals surface area contributed by atoms with Crippen LogP contribution in [0.25, 0.3) is 10.9 Å². The molecule has 0 saturated heterocycles. The summed E-state index contributed by atoms with van der Waals surface area (Å²) in [5, 5.41) is 0.657. The van der Waals surface area contributed by atoms with Crippen molar-refractivity contribution >= 4 is 28.6 Å². The van der Waals surface area contributed by atoms with E-state index in [1.54, 1.807) is 24.3 Å². The first kappa shape index (κ1) is 14.2. The van der Waals surface area contributed by atoms with Crippen LogP contribution >= 0.6 is 7.60 Å². The largest absolute Gasteiger partial charge is 0.361 e. The van der Waals surface area contributed by atoms with Crippen molar-refractivity contribution in [2.24, 2.45) is 0 Å². The number of nitrogens with one attached hydrogen (secondary N) is 1. The Hall–Kier alpha value is -1.18. The fourth-order valence-electron chi connectivity index (χ4n) is 1.89. The Morgan fingerprint density at radius 3 is 2.47 bits per heavy atom. The highest BCUT2D eigenvalue weighted by Crippen LogP contribution is 2.45. The maximum absolute atomic E-state index is 11.2. The molecule has 1 aromatic carbocycles. The molecule has 4 N–H and O–H groups in total. The van der Waals surface area contributed by atoms with E-state index in [2.05, 4.69) is 4.98 Å². The SMILES string of the molecule is O=P(O)(O)C(Cc1c[nH]c2ccccc12)S(=O)(=O)O. The van der Waals surface area contributed by atoms with E-state index < -0.39 is 29.1 Å². The van der Waals surface area contributed by atoms with Gasteiger partial charge >= 0.3 is 7.60 Å². The van der Waals surface area contributed by atoms with Gasteiger partial charge in [0.25, 0.3) is 10.1 Å². The van der Waals surface area contributed by atoms with E-state index >= 15 is 0 Å². The fraction of sp³-hybridized carbons (Fsp3) is 0.200. The molecule has 0 fully saturated rings. The molecular weight excluding hydrogens is 293 g/mol. The van der Waals surface area contributed by atoms with Crippen LogP contribution < -0.4 is 0 Å². The zero-order valence-electron chi connectivity index (χ0n) is 9.59. The van der Waals surface area contributed by atoms with Gasteiger partial charge in [-0.25, -0.2) is 0 Å². The molecule has 19 heavy (non-hydrogen) atoms. The number of fused-ring (bicyclic) bond motifs is 1. The second kappa shape index (κ2) is 4.73. The number of aromatic nitrogens is 1. The zero-order chi connectivity index (χ0) is 14.3. The topological polar surface area (TPSA) is 128 Å². The Bertz CT molecular complexity index is 746. The smallest absolute Gasteiger partial charge is 0.346 e. The monoisotopic (exact) mass is 305 g/mol. The molecule has 0 radical (unpaired) electrons. The summed E-state index contributed by atoms with van der Waals surface area (Å²) in [6.07, 6.45) is 1.01. The molecule has 0 aliphatic carbocycles. The third-order valence-corrected chi connectivity index (χ3v) is 6.20. The van der Waals surface area contributed by atoms with Crippen molar-refractivity contribution in [2.45, 2.75) is 11.4 Å². The molecule has 7 nitrogen and oxygen atoms in total. The van der Waals surface area contributed by atoms with Crippen LogP contribution in [0.2, 0.25) is 0 Å². The van der Waals surface area contributed by atoms with E-state index in [0.717, 1.165) is 5.52 Å². The summed E-state index contributed by atoms with van der Waals surface area (Å²) < 4.78 is 42.3. The number of hydrogen-bond acceptors (Lipinski definition) is 3. The second-order valence-corrected chi connectivity index (χ2v) is 7.87. The molecule has 0 bridgehead atoms. The lowest BCUT2D eigenvalue weighted by Crippen LogP contribution is -2.23. The highest BCUT2D eigenvalue weighted by molar-refractivity contribution is 7.93. The van der Waals surface area contributed by atoms with Gasteiger partial charge in [-0.3, -0.25) is 9.12 Å². The highest BCUT2D eigenvalue weighted by atomic mass is 32.2. The maximum Gasteiger partial charge on any atom is 0.346 e. The zero-order valence-corrected chi connectivity index (χ0v) is 11.3. The average molecular weight is 305 g/mol. The summed E-state index contributed by atoms with van der Waals surface area (Å²) in [5.74, 6) is 0. The Kier molecular flexibility index (Phi) is 3.55. The summed E-state index contributed by atoms with van der Waals surface area (Å²) >= 11 is 0. The van der Waals surface area contributed by atoms with Crippen LogP contribution in [0.4, 0.5) is 0 Å². The molecule has 0 spiro atoms. The van der Waals surface area contributed by atoms with Gasteiger partial charge in [0.15, 0.2) is 4.99 Å². The van der Waals surface area contributed by atoms with E-state index in [1.807, 2.05) is 0 Å². The van der Waals surface area contributed by atoms with Gasteiger partial charge in [0.2, 0.25) is 0 Å². The van der Waals surface area contributed by atoms with Gasteiger partial charge in [-0.05, 0) is 11.6 Å². The van der Waals surface area contributed by atoms with Crippen molar-refractivity contribution in [3.63, 3.8) is 0 Å². The Balaban J connectivity index is 2.46. The molecule has 1 unspecified atom stereocenters. The number of H-pyrrole nitrogens is 1. The van der Waals surface area contributed by atoms with E-state index in [9.17, 15) is 13.0 Å². The molecule has 0 amide bonds. The lowest BCUT2D eigenvalue weighted by molar-refractivity contribution is 0.363. The van der Waals surface area contributed by atoms with Crippen LogP contribution in [0.3, 0.4) is 0 Å². The van der Waals surface area contributed by atoms with Gasteiger partial charge in [0, 0.05) is 23.5 Å². The summed E-state index contributed by atoms with van der Waals surface area (Å²) in [6.45, 7) is 0. The van der Waals surface area contributed by atoms with Gasteiger partial charge in [0.1, 0.15) is 0 Å². The van der Waals surface area contributed by atoms with Crippen LogP contribution in [-0.2, 0) is 21.1 Å². The fourth-order valence-corrected chi connectivity index (χ4v) is 4.10. The first-order valence-corrected chi connectivity index (χ1v) is 8.44. The lowest BCUT2D eigenvalue weighted by Gasteiger charge is -2.14. The van der Waals surface area contributed by atoms with Gasteiger partial charge in [-0.1, -0.05) is 18.2 Å². The van der Waals surface area contributed by atoms with E-state index in [1.165, 1.54) is 6.20 Å². The standard InChI is InChI=1S/C10H12NO6PS/c12-18(13,14)10(19(15,16)17)5-7-6-11-9-4-2-1-3-8(7)9/h1-4,6,10-11H,5H2,(H2,12,13,14)(H,15,16,17). The molecule has 104 valence electrons. The molecule has 9 heteroatoms. The Morgan fingerprint density at radius 2 is 1.89 bits per heavy atom. The average Bonchev–Trinajstić information content (AvgIpc) is 2.66. The minimum atomic E-state index is -4.97. The van der Waals surface area contributed by atoms with E-state index in [-0.39, 0.29) is 0 Å². The van der Waals surface area contributed by atoms with Crippen LogP contribution in [0, 0.1) is 0 Å². The van der Waals surface area contributed by atoms with Crippen LogP contribution in [0.5, 0.6) is 0 Å². The van der Waals surface area contributed by atoms with Gasteiger partial charge in [-0.2, -0.15) is 8.42 Å². The van der Waals surface area contributed by atoms with Crippen molar-refractivity contribution in [2.75, 3.05) is 0 Å². The van der Waals surface area contributed by atoms with Crippen LogP contribution in [0.1, 0.15) is 5.56 Å². The van der Waals surface area contributed by atoms with Crippen molar-refractivity contribution in [3.05, 3.63) is 36.0 Å². The summed E-state index contributed by atoms with van der Waals surface area (Å²) in [4.78, 5) is 18.8. The minimum absolute atomic E-state index is 0.418. The maximum atomic E-state index is 11.2. The molecule has 0 aliphatic heterocycles. The van der Waals surface area contributed by atoms with Crippen LogP contribution in [0.15, 0.2) is 30.5 Å². The molecule has 1 atom stereocenters. The number of rotatable bonds is 4. The minimum Gasteiger partial charge on any atom is -0.361 e.